The fourth-order valence-corrected chi connectivity index (χ4v) is 2.14. The van der Waals surface area contributed by atoms with Crippen molar-refractivity contribution in [1.82, 2.24) is 14.8 Å². The quantitative estimate of drug-likeness (QED) is 0.633. The van der Waals surface area contributed by atoms with Crippen molar-refractivity contribution < 1.29 is 0 Å². The highest BCUT2D eigenvalue weighted by molar-refractivity contribution is 5.10. The molecule has 0 radical (unpaired) electrons. The molecule has 0 spiro atoms. The number of nitrogens with zero attached hydrogens (tertiary/aromatic N) is 3. The van der Waals surface area contributed by atoms with Crippen molar-refractivity contribution in [3.05, 3.63) is 11.6 Å². The molecule has 1 unspecified atom stereocenters. The van der Waals surface area contributed by atoms with Crippen LogP contribution in [0.4, 0.5) is 0 Å². The molecule has 0 saturated carbocycles. The zero-order chi connectivity index (χ0) is 10.3. The molecule has 3 nitrogen and oxygen atoms in total. The Kier molecular flexibility index (Phi) is 2.13. The van der Waals surface area contributed by atoms with Gasteiger partial charge in [-0.2, -0.15) is 0 Å². The normalized spacial score (nSPS) is 22.1. The molecule has 0 fully saturated rings. The molecule has 0 saturated heterocycles. The first-order valence-corrected chi connectivity index (χ1v) is 5.43. The van der Waals surface area contributed by atoms with Crippen LogP contribution in [-0.4, -0.2) is 14.8 Å². The molecule has 0 bridgehead atoms. The van der Waals surface area contributed by atoms with Crippen LogP contribution in [0.15, 0.2) is 0 Å². The van der Waals surface area contributed by atoms with E-state index in [2.05, 4.69) is 42.5 Å². The van der Waals surface area contributed by atoms with Crippen LogP contribution in [0.25, 0.3) is 0 Å². The number of hydrogen-bond donors (Lipinski definition) is 0. The molecule has 2 heterocycles. The first-order valence-electron chi connectivity index (χ1n) is 5.43. The summed E-state index contributed by atoms with van der Waals surface area (Å²) < 4.78 is 2.31. The number of aromatic nitrogens is 3. The van der Waals surface area contributed by atoms with Gasteiger partial charge in [0, 0.05) is 17.9 Å². The van der Waals surface area contributed by atoms with E-state index < -0.39 is 0 Å². The maximum absolute atomic E-state index is 4.33. The molecule has 0 amide bonds. The SMILES string of the molecule is CC1CCCn2c1nnc2C(C)(C)C. The van der Waals surface area contributed by atoms with Gasteiger partial charge in [-0.15, -0.1) is 10.2 Å². The van der Waals surface area contributed by atoms with Gasteiger partial charge in [-0.3, -0.25) is 0 Å². The van der Waals surface area contributed by atoms with E-state index in [1.54, 1.807) is 0 Å². The summed E-state index contributed by atoms with van der Waals surface area (Å²) in [6.45, 7) is 9.93. The molecule has 1 aromatic rings. The van der Waals surface area contributed by atoms with Gasteiger partial charge in [-0.1, -0.05) is 27.7 Å². The second-order valence-corrected chi connectivity index (χ2v) is 5.33. The molecule has 0 N–H and O–H groups in total. The average Bonchev–Trinajstić information content (AvgIpc) is 2.47. The third kappa shape index (κ3) is 1.45. The molecule has 2 rings (SSSR count). The van der Waals surface area contributed by atoms with Gasteiger partial charge in [-0.25, -0.2) is 0 Å². The lowest BCUT2D eigenvalue weighted by atomic mass is 9.94. The van der Waals surface area contributed by atoms with Gasteiger partial charge >= 0.3 is 0 Å². The van der Waals surface area contributed by atoms with E-state index >= 15 is 0 Å². The zero-order valence-corrected chi connectivity index (χ0v) is 9.54. The van der Waals surface area contributed by atoms with Gasteiger partial charge in [0.25, 0.3) is 0 Å². The first-order chi connectivity index (χ1) is 6.50. The second kappa shape index (κ2) is 3.07. The van der Waals surface area contributed by atoms with Gasteiger partial charge in [0.05, 0.1) is 0 Å². The predicted octanol–water partition coefficient (Wildman–Crippen LogP) is 2.47. The minimum Gasteiger partial charge on any atom is -0.314 e. The highest BCUT2D eigenvalue weighted by Crippen LogP contribution is 2.29. The van der Waals surface area contributed by atoms with E-state index in [1.807, 2.05) is 0 Å². The van der Waals surface area contributed by atoms with Gasteiger partial charge in [0.15, 0.2) is 0 Å². The Morgan fingerprint density at radius 3 is 2.64 bits per heavy atom. The van der Waals surface area contributed by atoms with E-state index in [9.17, 15) is 0 Å². The van der Waals surface area contributed by atoms with Crippen molar-refractivity contribution in [3.63, 3.8) is 0 Å². The summed E-state index contributed by atoms with van der Waals surface area (Å²) in [5.74, 6) is 2.90. The summed E-state index contributed by atoms with van der Waals surface area (Å²) in [7, 11) is 0. The Morgan fingerprint density at radius 2 is 2.00 bits per heavy atom. The van der Waals surface area contributed by atoms with Crippen LogP contribution < -0.4 is 0 Å². The van der Waals surface area contributed by atoms with E-state index in [1.165, 1.54) is 18.7 Å². The number of rotatable bonds is 0. The van der Waals surface area contributed by atoms with Crippen molar-refractivity contribution in [1.29, 1.82) is 0 Å². The molecule has 3 heteroatoms. The van der Waals surface area contributed by atoms with Crippen LogP contribution in [0, 0.1) is 0 Å². The van der Waals surface area contributed by atoms with Crippen molar-refractivity contribution in [2.75, 3.05) is 0 Å². The van der Waals surface area contributed by atoms with Gasteiger partial charge in [0.1, 0.15) is 11.6 Å². The van der Waals surface area contributed by atoms with E-state index in [4.69, 9.17) is 0 Å². The summed E-state index contributed by atoms with van der Waals surface area (Å²) in [4.78, 5) is 0. The van der Waals surface area contributed by atoms with Crippen LogP contribution in [0.1, 0.15) is 58.1 Å². The zero-order valence-electron chi connectivity index (χ0n) is 9.54. The Morgan fingerprint density at radius 1 is 1.29 bits per heavy atom. The topological polar surface area (TPSA) is 30.7 Å². The Labute approximate surface area is 85.5 Å². The van der Waals surface area contributed by atoms with E-state index in [-0.39, 0.29) is 5.41 Å². The standard InChI is InChI=1S/C11H19N3/c1-8-6-5-7-14-9(8)12-13-10(14)11(2,3)4/h8H,5-7H2,1-4H3. The van der Waals surface area contributed by atoms with Crippen molar-refractivity contribution >= 4 is 0 Å². The second-order valence-electron chi connectivity index (χ2n) is 5.33. The summed E-state index contributed by atoms with van der Waals surface area (Å²) in [6, 6.07) is 0. The molecule has 0 aliphatic carbocycles. The van der Waals surface area contributed by atoms with Crippen LogP contribution in [-0.2, 0) is 12.0 Å². The lowest BCUT2D eigenvalue weighted by molar-refractivity contribution is 0.423. The molecule has 1 aliphatic rings. The maximum atomic E-state index is 4.33. The minimum absolute atomic E-state index is 0.113. The van der Waals surface area contributed by atoms with Crippen LogP contribution in [0.2, 0.25) is 0 Å². The fraction of sp³-hybridized carbons (Fsp3) is 0.818. The summed E-state index contributed by atoms with van der Waals surface area (Å²) in [6.07, 6.45) is 2.51. The fourth-order valence-electron chi connectivity index (χ4n) is 2.14. The molecular weight excluding hydrogens is 174 g/mol. The lowest BCUT2D eigenvalue weighted by Gasteiger charge is -2.24. The largest absolute Gasteiger partial charge is 0.314 e. The smallest absolute Gasteiger partial charge is 0.138 e. The third-order valence-corrected chi connectivity index (χ3v) is 2.91. The van der Waals surface area contributed by atoms with Crippen molar-refractivity contribution in [2.45, 2.75) is 58.4 Å². The third-order valence-electron chi connectivity index (χ3n) is 2.91. The van der Waals surface area contributed by atoms with Crippen LogP contribution in [0.5, 0.6) is 0 Å². The minimum atomic E-state index is 0.113. The summed E-state index contributed by atoms with van der Waals surface area (Å²) in [5, 5.41) is 8.65. The first kappa shape index (κ1) is 9.69. The van der Waals surface area contributed by atoms with Crippen molar-refractivity contribution in [3.8, 4) is 0 Å². The lowest BCUT2D eigenvalue weighted by Crippen LogP contribution is -2.23. The van der Waals surface area contributed by atoms with Crippen molar-refractivity contribution in [2.24, 2.45) is 0 Å². The molecule has 14 heavy (non-hydrogen) atoms. The number of fused-ring (bicyclic) bond motifs is 1. The maximum Gasteiger partial charge on any atom is 0.138 e. The Bertz CT molecular complexity index is 333. The highest BCUT2D eigenvalue weighted by atomic mass is 15.3. The van der Waals surface area contributed by atoms with Crippen LogP contribution in [0.3, 0.4) is 0 Å². The van der Waals surface area contributed by atoms with E-state index in [0.29, 0.717) is 5.92 Å². The predicted molar refractivity (Wildman–Crippen MR) is 56.4 cm³/mol. The Balaban J connectivity index is 2.46. The average molecular weight is 193 g/mol. The highest BCUT2D eigenvalue weighted by Gasteiger charge is 2.27. The number of hydrogen-bond acceptors (Lipinski definition) is 2. The summed E-state index contributed by atoms with van der Waals surface area (Å²) >= 11 is 0. The monoisotopic (exact) mass is 193 g/mol. The van der Waals surface area contributed by atoms with Crippen LogP contribution >= 0.6 is 0 Å². The molecule has 78 valence electrons. The van der Waals surface area contributed by atoms with Gasteiger partial charge in [-0.05, 0) is 12.8 Å². The molecule has 1 atom stereocenters. The molecule has 1 aliphatic heterocycles. The van der Waals surface area contributed by atoms with Gasteiger partial charge in [0.2, 0.25) is 0 Å². The molecule has 0 aromatic carbocycles. The Hall–Kier alpha value is -0.860. The molecular formula is C11H19N3. The summed E-state index contributed by atoms with van der Waals surface area (Å²) in [5.41, 5.74) is 0.113. The molecule has 1 aromatic heterocycles. The van der Waals surface area contributed by atoms with E-state index in [0.717, 1.165) is 12.4 Å². The van der Waals surface area contributed by atoms with Gasteiger partial charge < -0.3 is 4.57 Å².